The fourth-order valence-corrected chi connectivity index (χ4v) is 2.74. The molecule has 3 rings (SSSR count). The zero-order valence-electron chi connectivity index (χ0n) is 14.2. The second kappa shape index (κ2) is 7.83. The minimum absolute atomic E-state index is 0.0729. The second-order valence-electron chi connectivity index (χ2n) is 6.07. The van der Waals surface area contributed by atoms with Crippen LogP contribution in [-0.2, 0) is 4.74 Å². The fraction of sp³-hybridized carbons (Fsp3) is 0.333. The van der Waals surface area contributed by atoms with Crippen molar-refractivity contribution in [2.24, 2.45) is 0 Å². The Labute approximate surface area is 153 Å². The topological polar surface area (TPSA) is 88.0 Å². The van der Waals surface area contributed by atoms with E-state index in [2.05, 4.69) is 15.3 Å². The molecule has 1 saturated heterocycles. The van der Waals surface area contributed by atoms with Crippen molar-refractivity contribution in [2.75, 3.05) is 6.61 Å². The third-order valence-corrected chi connectivity index (χ3v) is 4.14. The molecule has 0 saturated carbocycles. The van der Waals surface area contributed by atoms with Gasteiger partial charge in [-0.15, -0.1) is 0 Å². The van der Waals surface area contributed by atoms with Crippen LogP contribution in [0.4, 0.5) is 13.2 Å². The van der Waals surface area contributed by atoms with Crippen LogP contribution in [0.5, 0.6) is 0 Å². The molecule has 1 fully saturated rings. The van der Waals surface area contributed by atoms with Gasteiger partial charge in [-0.2, -0.15) is 13.2 Å². The first kappa shape index (κ1) is 19.0. The first-order valence-corrected chi connectivity index (χ1v) is 8.35. The van der Waals surface area contributed by atoms with Gasteiger partial charge in [-0.05, 0) is 37.5 Å². The molecule has 1 aliphatic rings. The number of ether oxygens (including phenoxy) is 1. The molecule has 9 heteroatoms. The van der Waals surface area contributed by atoms with E-state index in [-0.39, 0.29) is 22.3 Å². The summed E-state index contributed by atoms with van der Waals surface area (Å²) in [5.41, 5.74) is -0.948. The zero-order valence-corrected chi connectivity index (χ0v) is 14.2. The first-order chi connectivity index (χ1) is 12.9. The van der Waals surface area contributed by atoms with Gasteiger partial charge in [0.25, 0.3) is 0 Å². The molecule has 1 atom stereocenters. The minimum atomic E-state index is -4.83. The number of carbonyl (C=O) groups is 1. The van der Waals surface area contributed by atoms with Gasteiger partial charge in [-0.1, -0.05) is 0 Å². The van der Waals surface area contributed by atoms with Crippen molar-refractivity contribution in [3.05, 3.63) is 41.9 Å². The number of carbonyl (C=O) groups excluding carboxylic acids is 1. The van der Waals surface area contributed by atoms with E-state index in [9.17, 15) is 18.0 Å². The van der Waals surface area contributed by atoms with Crippen molar-refractivity contribution in [2.45, 2.75) is 31.7 Å². The number of aldehydes is 1. The maximum atomic E-state index is 13.2. The summed E-state index contributed by atoms with van der Waals surface area (Å²) in [7, 11) is 0. The highest BCUT2D eigenvalue weighted by Gasteiger charge is 2.37. The summed E-state index contributed by atoms with van der Waals surface area (Å²) in [5.74, 6) is 0. The van der Waals surface area contributed by atoms with Crippen LogP contribution in [0.25, 0.3) is 16.6 Å². The Morgan fingerprint density at radius 3 is 2.78 bits per heavy atom. The van der Waals surface area contributed by atoms with E-state index < -0.39 is 18.1 Å². The summed E-state index contributed by atoms with van der Waals surface area (Å²) >= 11 is 0. The molecule has 0 spiro atoms. The normalized spacial score (nSPS) is 18.3. The number of pyridine rings is 2. The molecule has 2 N–H and O–H groups in total. The number of hydrogen-bond donors (Lipinski definition) is 2. The minimum Gasteiger partial charge on any atom is -0.366 e. The predicted molar refractivity (Wildman–Crippen MR) is 93.4 cm³/mol. The van der Waals surface area contributed by atoms with Crippen LogP contribution in [0.2, 0.25) is 0 Å². The van der Waals surface area contributed by atoms with Crippen molar-refractivity contribution in [3.8, 4) is 0 Å². The van der Waals surface area contributed by atoms with Gasteiger partial charge < -0.3 is 10.1 Å². The molecule has 0 aromatic carbocycles. The molecule has 1 unspecified atom stereocenters. The van der Waals surface area contributed by atoms with Gasteiger partial charge >= 0.3 is 6.18 Å². The average molecular weight is 378 g/mol. The number of alkyl halides is 3. The Bertz CT molecular complexity index is 890. The van der Waals surface area contributed by atoms with Crippen molar-refractivity contribution in [3.63, 3.8) is 0 Å². The summed E-state index contributed by atoms with van der Waals surface area (Å²) in [6.45, 7) is 0.535. The lowest BCUT2D eigenvalue weighted by Crippen LogP contribution is -2.32. The number of nitrogens with one attached hydrogen (secondary N) is 2. The van der Waals surface area contributed by atoms with Gasteiger partial charge in [0.2, 0.25) is 0 Å². The largest absolute Gasteiger partial charge is 0.433 e. The third-order valence-electron chi connectivity index (χ3n) is 4.14. The van der Waals surface area contributed by atoms with Crippen LogP contribution in [0.3, 0.4) is 0 Å². The molecule has 0 aliphatic carbocycles. The molecule has 3 heterocycles. The number of fused-ring (bicyclic) bond motifs is 1. The number of hydrogen-bond acceptors (Lipinski definition) is 6. The van der Waals surface area contributed by atoms with Crippen LogP contribution >= 0.6 is 0 Å². The fourth-order valence-electron chi connectivity index (χ4n) is 2.74. The Balaban J connectivity index is 1.99. The lowest BCUT2D eigenvalue weighted by Gasteiger charge is -2.23. The van der Waals surface area contributed by atoms with Gasteiger partial charge in [0.1, 0.15) is 17.6 Å². The van der Waals surface area contributed by atoms with Crippen molar-refractivity contribution in [1.29, 1.82) is 5.41 Å². The van der Waals surface area contributed by atoms with E-state index in [0.29, 0.717) is 24.8 Å². The van der Waals surface area contributed by atoms with Crippen molar-refractivity contribution >= 4 is 28.6 Å². The molecule has 1 aliphatic heterocycles. The van der Waals surface area contributed by atoms with Gasteiger partial charge in [-0.3, -0.25) is 15.2 Å². The Morgan fingerprint density at radius 2 is 2.11 bits per heavy atom. The summed E-state index contributed by atoms with van der Waals surface area (Å²) in [6, 6.07) is 4.41. The van der Waals surface area contributed by atoms with Gasteiger partial charge in [0.15, 0.2) is 6.29 Å². The molecule has 0 amide bonds. The number of nitrogens with zero attached hydrogens (tertiary/aromatic N) is 2. The number of allylic oxidation sites excluding steroid dienone is 1. The molecule has 27 heavy (non-hydrogen) atoms. The Kier molecular flexibility index (Phi) is 5.50. The van der Waals surface area contributed by atoms with Crippen molar-refractivity contribution < 1.29 is 22.7 Å². The monoisotopic (exact) mass is 378 g/mol. The highest BCUT2D eigenvalue weighted by Crippen LogP contribution is 2.28. The standard InChI is InChI=1S/C18H17F3N4O2/c19-18(20,21)17(22)13(9-24-16-3-1-2-6-27-16)11-7-15-14(23-8-11)5-4-12(10-26)25-15/h4-5,7-10,16,22,24H,1-3,6H2/b13-9-,22-17?. The molecule has 0 radical (unpaired) electrons. The van der Waals surface area contributed by atoms with Crippen LogP contribution in [-0.4, -0.2) is 41.0 Å². The van der Waals surface area contributed by atoms with E-state index in [1.807, 2.05) is 0 Å². The first-order valence-electron chi connectivity index (χ1n) is 8.35. The highest BCUT2D eigenvalue weighted by atomic mass is 19.4. The summed E-state index contributed by atoms with van der Waals surface area (Å²) in [4.78, 5) is 19.0. The SMILES string of the molecule is N=C(/C(=C\NC1CCCCO1)c1cnc2ccc(C=O)nc2c1)C(F)(F)F. The smallest absolute Gasteiger partial charge is 0.366 e. The van der Waals surface area contributed by atoms with E-state index in [0.717, 1.165) is 19.0 Å². The molecular weight excluding hydrogens is 361 g/mol. The summed E-state index contributed by atoms with van der Waals surface area (Å²) < 4.78 is 45.0. The maximum absolute atomic E-state index is 13.2. The zero-order chi connectivity index (χ0) is 19.4. The summed E-state index contributed by atoms with van der Waals surface area (Å²) in [6.07, 6.45) is 0.195. The van der Waals surface area contributed by atoms with Gasteiger partial charge in [0, 0.05) is 30.1 Å². The van der Waals surface area contributed by atoms with Gasteiger partial charge in [-0.25, -0.2) is 4.98 Å². The molecular formula is C18H17F3N4O2. The maximum Gasteiger partial charge on any atom is 0.433 e. The molecule has 2 aromatic rings. The van der Waals surface area contributed by atoms with Crippen LogP contribution in [0, 0.1) is 5.41 Å². The van der Waals surface area contributed by atoms with E-state index in [4.69, 9.17) is 10.1 Å². The average Bonchev–Trinajstić information content (AvgIpc) is 2.67. The van der Waals surface area contributed by atoms with E-state index in [1.54, 1.807) is 6.07 Å². The third kappa shape index (κ3) is 4.48. The number of aromatic nitrogens is 2. The Morgan fingerprint density at radius 1 is 1.30 bits per heavy atom. The lowest BCUT2D eigenvalue weighted by molar-refractivity contribution is -0.0579. The molecule has 2 aromatic heterocycles. The van der Waals surface area contributed by atoms with Crippen molar-refractivity contribution in [1.82, 2.24) is 15.3 Å². The lowest BCUT2D eigenvalue weighted by atomic mass is 10.0. The molecule has 142 valence electrons. The summed E-state index contributed by atoms with van der Waals surface area (Å²) in [5, 5.41) is 10.4. The van der Waals surface area contributed by atoms with E-state index in [1.165, 1.54) is 18.3 Å². The van der Waals surface area contributed by atoms with Crippen LogP contribution in [0.1, 0.15) is 35.3 Å². The van der Waals surface area contributed by atoms with Gasteiger partial charge in [0.05, 0.1) is 11.0 Å². The quantitative estimate of drug-likeness (QED) is 0.614. The van der Waals surface area contributed by atoms with E-state index >= 15 is 0 Å². The second-order valence-corrected chi connectivity index (χ2v) is 6.07. The molecule has 6 nitrogen and oxygen atoms in total. The number of rotatable bonds is 5. The van der Waals surface area contributed by atoms with Crippen LogP contribution < -0.4 is 5.32 Å². The van der Waals surface area contributed by atoms with Crippen LogP contribution in [0.15, 0.2) is 30.6 Å². The molecule has 0 bridgehead atoms. The number of halogens is 3. The predicted octanol–water partition coefficient (Wildman–Crippen LogP) is 3.48. The highest BCUT2D eigenvalue weighted by molar-refractivity contribution is 6.25. The Hall–Kier alpha value is -2.81.